The number of amides is 1. The van der Waals surface area contributed by atoms with Crippen LogP contribution < -0.4 is 5.32 Å². The number of benzene rings is 2. The number of carboxylic acids is 1. The molecule has 0 radical (unpaired) electrons. The Bertz CT molecular complexity index is 1280. The van der Waals surface area contributed by atoms with Crippen molar-refractivity contribution in [3.05, 3.63) is 77.1 Å². The Labute approximate surface area is 178 Å². The van der Waals surface area contributed by atoms with E-state index in [-0.39, 0.29) is 25.4 Å². The Kier molecular flexibility index (Phi) is 5.68. The standard InChI is InChI=1S/C24H23N3O4/c1-14-9-17(13-28)19-7-4-5-15(23(19)26-14)10-21(24(30)31)27-22(29)11-16-12-25-20-8-3-2-6-18(16)20/h2-9,12,21,25,28H,10-11,13H2,1H3,(H,27,29)(H,30,31)/t21-/m0/s1. The average molecular weight is 417 g/mol. The van der Waals surface area contributed by atoms with E-state index in [1.165, 1.54) is 0 Å². The maximum absolute atomic E-state index is 12.6. The smallest absolute Gasteiger partial charge is 0.326 e. The van der Waals surface area contributed by atoms with Gasteiger partial charge in [0.05, 0.1) is 18.5 Å². The highest BCUT2D eigenvalue weighted by molar-refractivity contribution is 5.91. The van der Waals surface area contributed by atoms with Crippen LogP contribution in [0.4, 0.5) is 0 Å². The van der Waals surface area contributed by atoms with E-state index in [4.69, 9.17) is 0 Å². The van der Waals surface area contributed by atoms with Crippen LogP contribution in [0.15, 0.2) is 54.7 Å². The third kappa shape index (κ3) is 4.27. The van der Waals surface area contributed by atoms with Crippen molar-refractivity contribution >= 4 is 33.7 Å². The summed E-state index contributed by atoms with van der Waals surface area (Å²) in [4.78, 5) is 32.2. The van der Waals surface area contributed by atoms with Crippen molar-refractivity contribution < 1.29 is 19.8 Å². The van der Waals surface area contributed by atoms with E-state index in [1.54, 1.807) is 18.3 Å². The SMILES string of the molecule is Cc1cc(CO)c2cccc(C[C@H](NC(=O)Cc3c[nH]c4ccccc34)C(=O)O)c2n1. The Hall–Kier alpha value is -3.71. The van der Waals surface area contributed by atoms with E-state index >= 15 is 0 Å². The lowest BCUT2D eigenvalue weighted by molar-refractivity contribution is -0.141. The molecule has 0 aliphatic heterocycles. The lowest BCUT2D eigenvalue weighted by Crippen LogP contribution is -2.43. The number of aliphatic hydroxyl groups excluding tert-OH is 1. The van der Waals surface area contributed by atoms with E-state index in [2.05, 4.69) is 15.3 Å². The van der Waals surface area contributed by atoms with Crippen molar-refractivity contribution in [2.75, 3.05) is 0 Å². The number of nitrogens with one attached hydrogen (secondary N) is 2. The Morgan fingerprint density at radius 3 is 2.61 bits per heavy atom. The predicted molar refractivity (Wildman–Crippen MR) is 118 cm³/mol. The number of carbonyl (C=O) groups is 2. The van der Waals surface area contributed by atoms with Gasteiger partial charge in [-0.1, -0.05) is 36.4 Å². The molecule has 0 fully saturated rings. The zero-order valence-corrected chi connectivity index (χ0v) is 17.1. The molecule has 2 aromatic heterocycles. The van der Waals surface area contributed by atoms with Gasteiger partial charge in [0.25, 0.3) is 0 Å². The summed E-state index contributed by atoms with van der Waals surface area (Å²) in [5.74, 6) is -1.48. The summed E-state index contributed by atoms with van der Waals surface area (Å²) in [6.07, 6.45) is 1.94. The van der Waals surface area contributed by atoms with Crippen LogP contribution in [0.25, 0.3) is 21.8 Å². The molecule has 1 amide bonds. The molecule has 2 heterocycles. The second-order valence-corrected chi connectivity index (χ2v) is 7.59. The molecule has 31 heavy (non-hydrogen) atoms. The number of hydrogen-bond donors (Lipinski definition) is 4. The highest BCUT2D eigenvalue weighted by Gasteiger charge is 2.22. The Morgan fingerprint density at radius 1 is 1.06 bits per heavy atom. The van der Waals surface area contributed by atoms with Gasteiger partial charge in [0, 0.05) is 34.6 Å². The molecule has 2 aromatic carbocycles. The van der Waals surface area contributed by atoms with Gasteiger partial charge in [-0.2, -0.15) is 0 Å². The van der Waals surface area contributed by atoms with E-state index in [1.807, 2.05) is 43.3 Å². The first-order valence-corrected chi connectivity index (χ1v) is 10.0. The fraction of sp³-hybridized carbons (Fsp3) is 0.208. The summed E-state index contributed by atoms with van der Waals surface area (Å²) in [5, 5.41) is 23.7. The minimum atomic E-state index is -1.11. The fourth-order valence-electron chi connectivity index (χ4n) is 3.93. The first-order chi connectivity index (χ1) is 15.0. The fourth-order valence-corrected chi connectivity index (χ4v) is 3.93. The Balaban J connectivity index is 1.57. The molecule has 158 valence electrons. The van der Waals surface area contributed by atoms with E-state index < -0.39 is 12.0 Å². The van der Waals surface area contributed by atoms with Gasteiger partial charge in [-0.05, 0) is 35.7 Å². The van der Waals surface area contributed by atoms with Crippen molar-refractivity contribution in [2.45, 2.75) is 32.4 Å². The van der Waals surface area contributed by atoms with Gasteiger partial charge in [-0.25, -0.2) is 4.79 Å². The number of aromatic nitrogens is 2. The molecular weight excluding hydrogens is 394 g/mol. The number of carbonyl (C=O) groups excluding carboxylic acids is 1. The largest absolute Gasteiger partial charge is 0.480 e. The van der Waals surface area contributed by atoms with Crippen LogP contribution in [0, 0.1) is 6.92 Å². The monoisotopic (exact) mass is 417 g/mol. The van der Waals surface area contributed by atoms with Crippen LogP contribution in [0.5, 0.6) is 0 Å². The maximum Gasteiger partial charge on any atom is 0.326 e. The number of fused-ring (bicyclic) bond motifs is 2. The second kappa shape index (κ2) is 8.57. The number of hydrogen-bond acceptors (Lipinski definition) is 4. The van der Waals surface area contributed by atoms with Crippen molar-refractivity contribution in [2.24, 2.45) is 0 Å². The number of para-hydroxylation sites is 2. The van der Waals surface area contributed by atoms with Crippen molar-refractivity contribution in [1.29, 1.82) is 0 Å². The molecule has 7 nitrogen and oxygen atoms in total. The first kappa shape index (κ1) is 20.6. The van der Waals surface area contributed by atoms with Gasteiger partial charge in [0.1, 0.15) is 6.04 Å². The lowest BCUT2D eigenvalue weighted by atomic mass is 9.99. The molecule has 0 aliphatic carbocycles. The van der Waals surface area contributed by atoms with Crippen LogP contribution in [0.2, 0.25) is 0 Å². The first-order valence-electron chi connectivity index (χ1n) is 10.0. The number of nitrogens with zero attached hydrogens (tertiary/aromatic N) is 1. The molecular formula is C24H23N3O4. The molecule has 4 rings (SSSR count). The topological polar surface area (TPSA) is 115 Å². The number of aromatic amines is 1. The average Bonchev–Trinajstić information content (AvgIpc) is 3.15. The van der Waals surface area contributed by atoms with Crippen molar-refractivity contribution in [3.63, 3.8) is 0 Å². The lowest BCUT2D eigenvalue weighted by Gasteiger charge is -2.16. The second-order valence-electron chi connectivity index (χ2n) is 7.59. The minimum Gasteiger partial charge on any atom is -0.480 e. The molecule has 0 saturated carbocycles. The number of H-pyrrole nitrogens is 1. The Morgan fingerprint density at radius 2 is 1.84 bits per heavy atom. The number of aryl methyl sites for hydroxylation is 1. The number of pyridine rings is 1. The number of carboxylic acid groups (broad SMARTS) is 1. The van der Waals surface area contributed by atoms with E-state index in [0.29, 0.717) is 11.1 Å². The van der Waals surface area contributed by atoms with Gasteiger partial charge >= 0.3 is 5.97 Å². The maximum atomic E-state index is 12.6. The molecule has 4 aromatic rings. The molecule has 7 heteroatoms. The van der Waals surface area contributed by atoms with Crippen molar-refractivity contribution in [1.82, 2.24) is 15.3 Å². The van der Waals surface area contributed by atoms with Gasteiger partial charge in [0.2, 0.25) is 5.91 Å². The molecule has 0 bridgehead atoms. The third-order valence-electron chi connectivity index (χ3n) is 5.39. The molecule has 1 atom stereocenters. The number of aliphatic hydroxyl groups is 1. The highest BCUT2D eigenvalue weighted by atomic mass is 16.4. The molecule has 0 aliphatic rings. The zero-order valence-electron chi connectivity index (χ0n) is 17.1. The summed E-state index contributed by atoms with van der Waals surface area (Å²) in [6.45, 7) is 1.69. The quantitative estimate of drug-likeness (QED) is 0.369. The predicted octanol–water partition coefficient (Wildman–Crippen LogP) is 2.87. The van der Waals surface area contributed by atoms with Gasteiger partial charge < -0.3 is 20.5 Å². The van der Waals surface area contributed by atoms with E-state index in [9.17, 15) is 19.8 Å². The normalized spacial score (nSPS) is 12.2. The summed E-state index contributed by atoms with van der Waals surface area (Å²) in [5.41, 5.74) is 4.56. The van der Waals surface area contributed by atoms with E-state index in [0.717, 1.165) is 33.1 Å². The van der Waals surface area contributed by atoms with Crippen LogP contribution in [0.3, 0.4) is 0 Å². The molecule has 4 N–H and O–H groups in total. The van der Waals surface area contributed by atoms with Crippen molar-refractivity contribution in [3.8, 4) is 0 Å². The zero-order chi connectivity index (χ0) is 22.0. The molecule has 0 saturated heterocycles. The molecule has 0 unspecified atom stereocenters. The van der Waals surface area contributed by atoms with Crippen LogP contribution in [-0.4, -0.2) is 38.1 Å². The number of aliphatic carboxylic acids is 1. The van der Waals surface area contributed by atoms with Crippen LogP contribution >= 0.6 is 0 Å². The van der Waals surface area contributed by atoms with Gasteiger partial charge in [-0.3, -0.25) is 9.78 Å². The number of rotatable bonds is 7. The summed E-state index contributed by atoms with van der Waals surface area (Å²) >= 11 is 0. The van der Waals surface area contributed by atoms with Crippen LogP contribution in [0.1, 0.15) is 22.4 Å². The summed E-state index contributed by atoms with van der Waals surface area (Å²) < 4.78 is 0. The third-order valence-corrected chi connectivity index (χ3v) is 5.39. The highest BCUT2D eigenvalue weighted by Crippen LogP contribution is 2.23. The van der Waals surface area contributed by atoms with Gasteiger partial charge in [-0.15, -0.1) is 0 Å². The summed E-state index contributed by atoms with van der Waals surface area (Å²) in [7, 11) is 0. The van der Waals surface area contributed by atoms with Gasteiger partial charge in [0.15, 0.2) is 0 Å². The van der Waals surface area contributed by atoms with Crippen LogP contribution in [-0.2, 0) is 29.0 Å². The molecule has 0 spiro atoms. The summed E-state index contributed by atoms with van der Waals surface area (Å²) in [6, 6.07) is 13.8. The minimum absolute atomic E-state index is 0.0787.